The van der Waals surface area contributed by atoms with Crippen molar-refractivity contribution in [3.05, 3.63) is 34.9 Å². The molecule has 0 radical (unpaired) electrons. The van der Waals surface area contributed by atoms with Gasteiger partial charge in [0.05, 0.1) is 0 Å². The van der Waals surface area contributed by atoms with Crippen LogP contribution in [0.15, 0.2) is 29.4 Å². The first-order chi connectivity index (χ1) is 9.01. The highest BCUT2D eigenvalue weighted by molar-refractivity contribution is 6.30. The molecule has 1 aromatic carbocycles. The summed E-state index contributed by atoms with van der Waals surface area (Å²) in [4.78, 5) is 2.30. The number of hydrogen-bond acceptors (Lipinski definition) is 3. The van der Waals surface area contributed by atoms with E-state index in [4.69, 9.17) is 22.5 Å². The van der Waals surface area contributed by atoms with Gasteiger partial charge < -0.3 is 10.9 Å². The van der Waals surface area contributed by atoms with Gasteiger partial charge in [-0.05, 0) is 23.6 Å². The van der Waals surface area contributed by atoms with Crippen molar-refractivity contribution in [2.45, 2.75) is 26.8 Å². The van der Waals surface area contributed by atoms with Gasteiger partial charge in [0.25, 0.3) is 0 Å². The first kappa shape index (κ1) is 15.8. The number of nitrogens with zero attached hydrogens (tertiary/aromatic N) is 2. The molecule has 0 aliphatic rings. The highest BCUT2D eigenvalue weighted by Crippen LogP contribution is 2.12. The summed E-state index contributed by atoms with van der Waals surface area (Å²) in [6, 6.07) is 7.85. The van der Waals surface area contributed by atoms with Crippen molar-refractivity contribution in [2.75, 3.05) is 13.1 Å². The lowest BCUT2D eigenvalue weighted by Gasteiger charge is -2.24. The SMILES string of the molecule is CC(C)CN(CCC(N)=NO)Cc1ccc(Cl)cc1. The smallest absolute Gasteiger partial charge is 0.140 e. The quantitative estimate of drug-likeness (QED) is 0.350. The minimum Gasteiger partial charge on any atom is -0.409 e. The van der Waals surface area contributed by atoms with Gasteiger partial charge in [0, 0.05) is 31.1 Å². The molecule has 0 aromatic heterocycles. The van der Waals surface area contributed by atoms with Gasteiger partial charge in [-0.1, -0.05) is 42.7 Å². The number of benzene rings is 1. The van der Waals surface area contributed by atoms with Gasteiger partial charge in [0.15, 0.2) is 0 Å². The minimum atomic E-state index is 0.268. The molecule has 19 heavy (non-hydrogen) atoms. The van der Waals surface area contributed by atoms with Crippen LogP contribution < -0.4 is 5.73 Å². The molecule has 106 valence electrons. The summed E-state index contributed by atoms with van der Waals surface area (Å²) in [6.07, 6.45) is 0.566. The number of rotatable bonds is 7. The molecular weight excluding hydrogens is 262 g/mol. The summed E-state index contributed by atoms with van der Waals surface area (Å²) in [5.41, 5.74) is 6.73. The zero-order valence-electron chi connectivity index (χ0n) is 11.5. The molecule has 0 heterocycles. The highest BCUT2D eigenvalue weighted by Gasteiger charge is 2.09. The Bertz CT molecular complexity index is 404. The second-order valence-electron chi connectivity index (χ2n) is 5.10. The van der Waals surface area contributed by atoms with Crippen molar-refractivity contribution in [1.29, 1.82) is 0 Å². The third-order valence-electron chi connectivity index (χ3n) is 2.76. The average molecular weight is 284 g/mol. The topological polar surface area (TPSA) is 61.8 Å². The van der Waals surface area contributed by atoms with E-state index in [1.807, 2.05) is 24.3 Å². The van der Waals surface area contributed by atoms with E-state index in [0.717, 1.165) is 24.7 Å². The van der Waals surface area contributed by atoms with Crippen LogP contribution in [0.3, 0.4) is 0 Å². The van der Waals surface area contributed by atoms with E-state index in [1.165, 1.54) is 5.56 Å². The lowest BCUT2D eigenvalue weighted by molar-refractivity contribution is 0.241. The molecule has 0 amide bonds. The van der Waals surface area contributed by atoms with Crippen molar-refractivity contribution in [3.63, 3.8) is 0 Å². The Morgan fingerprint density at radius 2 is 2.00 bits per heavy atom. The summed E-state index contributed by atoms with van der Waals surface area (Å²) >= 11 is 5.88. The van der Waals surface area contributed by atoms with E-state index in [0.29, 0.717) is 12.3 Å². The third-order valence-corrected chi connectivity index (χ3v) is 3.01. The molecular formula is C14H22ClN3O. The van der Waals surface area contributed by atoms with Crippen LogP contribution in [-0.4, -0.2) is 29.0 Å². The van der Waals surface area contributed by atoms with Crippen LogP contribution in [0.4, 0.5) is 0 Å². The van der Waals surface area contributed by atoms with Crippen LogP contribution in [0.25, 0.3) is 0 Å². The van der Waals surface area contributed by atoms with E-state index in [-0.39, 0.29) is 5.84 Å². The molecule has 1 rings (SSSR count). The molecule has 0 fully saturated rings. The second-order valence-corrected chi connectivity index (χ2v) is 5.53. The highest BCUT2D eigenvalue weighted by atomic mass is 35.5. The molecule has 3 N–H and O–H groups in total. The standard InChI is InChI=1S/C14H22ClN3O/c1-11(2)9-18(8-7-14(16)17-19)10-12-3-5-13(15)6-4-12/h3-6,11,19H,7-10H2,1-2H3,(H2,16,17). The largest absolute Gasteiger partial charge is 0.409 e. The van der Waals surface area contributed by atoms with Gasteiger partial charge in [-0.3, -0.25) is 4.90 Å². The molecule has 0 atom stereocenters. The zero-order chi connectivity index (χ0) is 14.3. The Morgan fingerprint density at radius 1 is 1.37 bits per heavy atom. The molecule has 1 aromatic rings. The zero-order valence-corrected chi connectivity index (χ0v) is 12.3. The van der Waals surface area contributed by atoms with E-state index < -0.39 is 0 Å². The summed E-state index contributed by atoms with van der Waals surface area (Å²) < 4.78 is 0. The Hall–Kier alpha value is -1.26. The first-order valence-corrected chi connectivity index (χ1v) is 6.82. The van der Waals surface area contributed by atoms with Crippen molar-refractivity contribution in [2.24, 2.45) is 16.8 Å². The van der Waals surface area contributed by atoms with Crippen molar-refractivity contribution >= 4 is 17.4 Å². The molecule has 4 nitrogen and oxygen atoms in total. The summed E-state index contributed by atoms with van der Waals surface area (Å²) in [6.45, 7) is 6.95. The van der Waals surface area contributed by atoms with Crippen molar-refractivity contribution < 1.29 is 5.21 Å². The molecule has 0 aliphatic carbocycles. The molecule has 5 heteroatoms. The van der Waals surface area contributed by atoms with Gasteiger partial charge in [-0.15, -0.1) is 0 Å². The minimum absolute atomic E-state index is 0.268. The number of halogens is 1. The normalized spacial score (nSPS) is 12.4. The number of hydrogen-bond donors (Lipinski definition) is 2. The number of nitrogens with two attached hydrogens (primary N) is 1. The summed E-state index contributed by atoms with van der Waals surface area (Å²) in [5.74, 6) is 0.837. The maximum absolute atomic E-state index is 8.58. The maximum atomic E-state index is 8.58. The van der Waals surface area contributed by atoms with Crippen LogP contribution in [0, 0.1) is 5.92 Å². The van der Waals surface area contributed by atoms with Crippen molar-refractivity contribution in [3.8, 4) is 0 Å². The molecule has 0 spiro atoms. The first-order valence-electron chi connectivity index (χ1n) is 6.44. The fourth-order valence-corrected chi connectivity index (χ4v) is 2.05. The van der Waals surface area contributed by atoms with Crippen LogP contribution in [0.1, 0.15) is 25.8 Å². The van der Waals surface area contributed by atoms with Crippen LogP contribution in [0.2, 0.25) is 5.02 Å². The Kier molecular flexibility index (Phi) is 6.67. The molecule has 0 unspecified atom stereocenters. The number of amidine groups is 1. The maximum Gasteiger partial charge on any atom is 0.140 e. The van der Waals surface area contributed by atoms with E-state index in [2.05, 4.69) is 23.9 Å². The second kappa shape index (κ2) is 8.02. The molecule has 0 saturated heterocycles. The predicted molar refractivity (Wildman–Crippen MR) is 79.6 cm³/mol. The lowest BCUT2D eigenvalue weighted by atomic mass is 10.1. The van der Waals surface area contributed by atoms with Crippen LogP contribution in [0.5, 0.6) is 0 Å². The average Bonchev–Trinajstić information content (AvgIpc) is 2.37. The van der Waals surface area contributed by atoms with Gasteiger partial charge in [-0.2, -0.15) is 0 Å². The summed E-state index contributed by atoms with van der Waals surface area (Å²) in [7, 11) is 0. The monoisotopic (exact) mass is 283 g/mol. The third kappa shape index (κ3) is 6.45. The van der Waals surface area contributed by atoms with E-state index >= 15 is 0 Å². The van der Waals surface area contributed by atoms with E-state index in [9.17, 15) is 0 Å². The Balaban J connectivity index is 2.60. The lowest BCUT2D eigenvalue weighted by Crippen LogP contribution is -2.31. The fourth-order valence-electron chi connectivity index (χ4n) is 1.92. The van der Waals surface area contributed by atoms with E-state index in [1.54, 1.807) is 0 Å². The fraction of sp³-hybridized carbons (Fsp3) is 0.500. The van der Waals surface area contributed by atoms with Gasteiger partial charge in [0.2, 0.25) is 0 Å². The molecule has 0 saturated carbocycles. The van der Waals surface area contributed by atoms with Crippen LogP contribution in [-0.2, 0) is 6.54 Å². The van der Waals surface area contributed by atoms with Crippen molar-refractivity contribution in [1.82, 2.24) is 4.90 Å². The van der Waals surface area contributed by atoms with Gasteiger partial charge in [-0.25, -0.2) is 0 Å². The number of oxime groups is 1. The van der Waals surface area contributed by atoms with Gasteiger partial charge in [0.1, 0.15) is 5.84 Å². The Morgan fingerprint density at radius 3 is 2.53 bits per heavy atom. The van der Waals surface area contributed by atoms with Gasteiger partial charge >= 0.3 is 0 Å². The predicted octanol–water partition coefficient (Wildman–Crippen LogP) is 2.93. The Labute approximate surface area is 119 Å². The summed E-state index contributed by atoms with van der Waals surface area (Å²) in [5, 5.41) is 12.3. The molecule has 0 aliphatic heterocycles. The van der Waals surface area contributed by atoms with Crippen LogP contribution >= 0.6 is 11.6 Å². The molecule has 0 bridgehead atoms.